The van der Waals surface area contributed by atoms with Crippen molar-refractivity contribution >= 4 is 13.3 Å². The summed E-state index contributed by atoms with van der Waals surface area (Å²) in [6.45, 7) is -4.77. The molecule has 0 aliphatic rings. The van der Waals surface area contributed by atoms with Crippen molar-refractivity contribution in [3.05, 3.63) is 62.7 Å². The topological polar surface area (TPSA) is 113 Å². The Kier molecular flexibility index (Phi) is 8.84. The normalized spacial score (nSPS) is 13.9. The van der Waals surface area contributed by atoms with E-state index >= 15 is 0 Å². The van der Waals surface area contributed by atoms with Crippen LogP contribution >= 0.6 is 7.60 Å². The first kappa shape index (κ1) is 28.5. The molecule has 0 bridgehead atoms. The van der Waals surface area contributed by atoms with Crippen molar-refractivity contribution < 1.29 is 53.1 Å². The summed E-state index contributed by atoms with van der Waals surface area (Å²) in [4.78, 5) is 26.8. The van der Waals surface area contributed by atoms with Gasteiger partial charge >= 0.3 is 38.0 Å². The summed E-state index contributed by atoms with van der Waals surface area (Å²) in [6.07, 6.45) is -8.10. The van der Waals surface area contributed by atoms with Crippen molar-refractivity contribution in [3.63, 3.8) is 0 Å². The molecule has 3 N–H and O–H groups in total. The molecule has 2 rings (SSSR count). The van der Waals surface area contributed by atoms with Gasteiger partial charge in [-0.1, -0.05) is 12.1 Å². The molecule has 1 heterocycles. The zero-order valence-electron chi connectivity index (χ0n) is 16.9. The van der Waals surface area contributed by atoms with Crippen LogP contribution in [0.2, 0.25) is 0 Å². The van der Waals surface area contributed by atoms with Gasteiger partial charge in [0.2, 0.25) is 0 Å². The molecule has 1 atom stereocenters. The molecular formula is C17H15F9N3O5P. The summed E-state index contributed by atoms with van der Waals surface area (Å²) in [5, 5.41) is 2.07. The molecular weight excluding hydrogens is 528 g/mol. The highest BCUT2D eigenvalue weighted by atomic mass is 31.2. The van der Waals surface area contributed by atoms with Crippen LogP contribution in [-0.2, 0) is 13.6 Å². The van der Waals surface area contributed by atoms with Crippen LogP contribution in [0.25, 0.3) is 0 Å². The average molecular weight is 543 g/mol. The van der Waals surface area contributed by atoms with Crippen LogP contribution in [-0.4, -0.2) is 47.9 Å². The van der Waals surface area contributed by atoms with E-state index in [1.807, 2.05) is 4.98 Å². The minimum Gasteiger partial charge on any atom is -0.362 e. The van der Waals surface area contributed by atoms with E-state index in [2.05, 4.69) is 14.4 Å². The fourth-order valence-corrected chi connectivity index (χ4v) is 4.23. The minimum atomic E-state index is -5.64. The predicted octanol–water partition coefficient (Wildman–Crippen LogP) is 4.34. The minimum absolute atomic E-state index is 0.457. The molecule has 35 heavy (non-hydrogen) atoms. The number of alkyl halides is 8. The molecule has 8 nitrogen and oxygen atoms in total. The van der Waals surface area contributed by atoms with Gasteiger partial charge in [0.05, 0.1) is 0 Å². The lowest BCUT2D eigenvalue weighted by Crippen LogP contribution is -2.35. The van der Waals surface area contributed by atoms with Gasteiger partial charge in [-0.2, -0.15) is 17.6 Å². The van der Waals surface area contributed by atoms with Gasteiger partial charge in [0.1, 0.15) is 24.7 Å². The van der Waals surface area contributed by atoms with E-state index in [0.29, 0.717) is 18.3 Å². The first-order valence-electron chi connectivity index (χ1n) is 9.12. The van der Waals surface area contributed by atoms with Crippen LogP contribution in [0.15, 0.2) is 40.1 Å². The molecule has 0 radical (unpaired) electrons. The van der Waals surface area contributed by atoms with Gasteiger partial charge in [-0.25, -0.2) is 26.7 Å². The molecule has 196 valence electrons. The number of hydrogen-bond acceptors (Lipinski definition) is 6. The molecule has 0 aliphatic carbocycles. The number of nitrogens with one attached hydrogen (secondary N) is 3. The summed E-state index contributed by atoms with van der Waals surface area (Å²) >= 11 is 0. The Morgan fingerprint density at radius 3 is 1.83 bits per heavy atom. The molecule has 0 spiro atoms. The lowest BCUT2D eigenvalue weighted by atomic mass is 10.2. The van der Waals surface area contributed by atoms with Crippen molar-refractivity contribution in [3.8, 4) is 0 Å². The summed E-state index contributed by atoms with van der Waals surface area (Å²) in [5.41, 5.74) is -3.43. The van der Waals surface area contributed by atoms with Crippen molar-refractivity contribution in [1.82, 2.24) is 9.97 Å². The Hall–Kier alpha value is -2.78. The maximum atomic E-state index is 13.4. The zero-order valence-corrected chi connectivity index (χ0v) is 17.8. The van der Waals surface area contributed by atoms with Crippen molar-refractivity contribution in [1.29, 1.82) is 0 Å². The summed E-state index contributed by atoms with van der Waals surface area (Å²) < 4.78 is 139. The summed E-state index contributed by atoms with van der Waals surface area (Å²) in [7, 11) is -5.64. The first-order chi connectivity index (χ1) is 16.1. The Morgan fingerprint density at radius 2 is 1.40 bits per heavy atom. The second-order valence-corrected chi connectivity index (χ2v) is 8.91. The standard InChI is InChI=1S/C17H15F9N3O5P/c18-9-3-1-8(2-4-9)12(28-10-5-27-15(31)29-11(10)30)35(32,33-6-16(23,24)13(19)20)34-7-17(25,26)14(21)22/h1-5,12-14,28H,6-7H2,(H2,27,29,30,31). The number of anilines is 1. The number of benzene rings is 1. The van der Waals surface area contributed by atoms with Crippen molar-refractivity contribution in [2.75, 3.05) is 18.5 Å². The van der Waals surface area contributed by atoms with E-state index in [1.54, 1.807) is 4.98 Å². The third kappa shape index (κ3) is 7.35. The largest absolute Gasteiger partial charge is 0.362 e. The van der Waals surface area contributed by atoms with E-state index in [1.165, 1.54) is 0 Å². The quantitative estimate of drug-likeness (QED) is 0.271. The highest BCUT2D eigenvalue weighted by molar-refractivity contribution is 7.54. The Labute approximate surface area is 189 Å². The van der Waals surface area contributed by atoms with Crippen molar-refractivity contribution in [2.24, 2.45) is 0 Å². The second kappa shape index (κ2) is 10.9. The molecule has 0 amide bonds. The maximum Gasteiger partial charge on any atom is 0.357 e. The molecule has 1 aromatic heterocycles. The van der Waals surface area contributed by atoms with Gasteiger partial charge in [-0.3, -0.25) is 14.3 Å². The Bertz CT molecular complexity index is 1130. The second-order valence-electron chi connectivity index (χ2n) is 6.79. The summed E-state index contributed by atoms with van der Waals surface area (Å²) in [6, 6.07) is 2.99. The number of aromatic amines is 2. The molecule has 2 aromatic rings. The highest BCUT2D eigenvalue weighted by Gasteiger charge is 2.49. The van der Waals surface area contributed by atoms with E-state index in [4.69, 9.17) is 0 Å². The fraction of sp³-hybridized carbons (Fsp3) is 0.412. The molecule has 0 saturated heterocycles. The van der Waals surface area contributed by atoms with Crippen LogP contribution in [0, 0.1) is 5.82 Å². The lowest BCUT2D eigenvalue weighted by Gasteiger charge is -2.30. The molecule has 1 aromatic carbocycles. The van der Waals surface area contributed by atoms with E-state index < -0.39 is 79.6 Å². The Balaban J connectivity index is 2.58. The third-order valence-corrected chi connectivity index (χ3v) is 6.16. The number of halogens is 9. The SMILES string of the molecule is O=c1[nH]cc(NC(c2ccc(F)cc2)P(=O)(OCC(F)(F)C(F)F)OCC(F)(F)C(F)F)c(=O)[nH]1. The van der Waals surface area contributed by atoms with Gasteiger partial charge in [-0.05, 0) is 17.7 Å². The molecule has 0 fully saturated rings. The van der Waals surface area contributed by atoms with E-state index in [0.717, 1.165) is 12.1 Å². The maximum absolute atomic E-state index is 13.4. The molecule has 1 unspecified atom stereocenters. The third-order valence-electron chi connectivity index (χ3n) is 4.13. The van der Waals surface area contributed by atoms with Crippen LogP contribution in [0.1, 0.15) is 11.3 Å². The number of H-pyrrole nitrogens is 2. The zero-order chi connectivity index (χ0) is 26.6. The monoisotopic (exact) mass is 543 g/mol. The van der Waals surface area contributed by atoms with Gasteiger partial charge in [-0.15, -0.1) is 0 Å². The van der Waals surface area contributed by atoms with E-state index in [-0.39, 0.29) is 0 Å². The van der Waals surface area contributed by atoms with Gasteiger partial charge in [0.25, 0.3) is 5.56 Å². The number of hydrogen-bond donors (Lipinski definition) is 3. The van der Waals surface area contributed by atoms with Crippen molar-refractivity contribution in [2.45, 2.75) is 30.5 Å². The average Bonchev–Trinajstić information content (AvgIpc) is 2.76. The first-order valence-corrected chi connectivity index (χ1v) is 10.7. The smallest absolute Gasteiger partial charge is 0.357 e. The van der Waals surface area contributed by atoms with Crippen LogP contribution < -0.4 is 16.6 Å². The highest BCUT2D eigenvalue weighted by Crippen LogP contribution is 2.62. The lowest BCUT2D eigenvalue weighted by molar-refractivity contribution is -0.158. The molecule has 18 heteroatoms. The van der Waals surface area contributed by atoms with Gasteiger partial charge in [0, 0.05) is 6.20 Å². The van der Waals surface area contributed by atoms with Crippen LogP contribution in [0.4, 0.5) is 45.2 Å². The van der Waals surface area contributed by atoms with Gasteiger partial charge in [0.15, 0.2) is 5.78 Å². The number of aromatic nitrogens is 2. The van der Waals surface area contributed by atoms with Crippen LogP contribution in [0.3, 0.4) is 0 Å². The predicted molar refractivity (Wildman–Crippen MR) is 102 cm³/mol. The summed E-state index contributed by atoms with van der Waals surface area (Å²) in [5.74, 6) is -13.2. The van der Waals surface area contributed by atoms with Crippen LogP contribution in [0.5, 0.6) is 0 Å². The molecule has 0 saturated carbocycles. The van der Waals surface area contributed by atoms with E-state index in [9.17, 15) is 53.7 Å². The fourth-order valence-electron chi connectivity index (χ4n) is 2.32. The number of rotatable bonds is 12. The Morgan fingerprint density at radius 1 is 0.914 bits per heavy atom. The molecule has 0 aliphatic heterocycles. The van der Waals surface area contributed by atoms with Gasteiger partial charge < -0.3 is 19.3 Å².